The van der Waals surface area contributed by atoms with E-state index >= 15 is 0 Å². The second kappa shape index (κ2) is 12.1. The molecule has 0 saturated carbocycles. The number of piperidine rings is 1. The molecule has 1 fully saturated rings. The lowest BCUT2D eigenvalue weighted by Crippen LogP contribution is -2.35. The summed E-state index contributed by atoms with van der Waals surface area (Å²) in [5.74, 6) is -0.406. The van der Waals surface area contributed by atoms with Gasteiger partial charge in [-0.25, -0.2) is 4.39 Å². The van der Waals surface area contributed by atoms with E-state index in [0.717, 1.165) is 37.2 Å². The third-order valence-corrected chi connectivity index (χ3v) is 6.53. The first kappa shape index (κ1) is 26.5. The minimum Gasteiger partial charge on any atom is -0.371 e. The number of halogens is 1. The van der Waals surface area contributed by atoms with E-state index in [0.29, 0.717) is 22.7 Å². The van der Waals surface area contributed by atoms with Crippen LogP contribution in [0.25, 0.3) is 6.08 Å². The van der Waals surface area contributed by atoms with Crippen molar-refractivity contribution in [2.45, 2.75) is 26.3 Å². The fourth-order valence-corrected chi connectivity index (χ4v) is 4.26. The zero-order chi connectivity index (χ0) is 27.1. The van der Waals surface area contributed by atoms with Crippen LogP contribution in [0, 0.1) is 21.8 Å². The molecule has 38 heavy (non-hydrogen) atoms. The molecule has 0 bridgehead atoms. The Labute approximate surface area is 220 Å². The van der Waals surface area contributed by atoms with Gasteiger partial charge in [-0.3, -0.25) is 19.7 Å². The first-order chi connectivity index (χ1) is 18.3. The Morgan fingerprint density at radius 2 is 1.74 bits per heavy atom. The van der Waals surface area contributed by atoms with Gasteiger partial charge in [-0.2, -0.15) is 0 Å². The van der Waals surface area contributed by atoms with Gasteiger partial charge in [0.05, 0.1) is 10.5 Å². The van der Waals surface area contributed by atoms with Gasteiger partial charge in [-0.1, -0.05) is 19.1 Å². The standard InChI is InChI=1S/C29H29FN4O4/c1-20-14-16-33(17-15-20)27-12-9-24(18-26(27)29(36)31-19-22-2-7-23(30)8-3-22)32-28(35)13-6-21-4-10-25(11-5-21)34(37)38/h2-13,18,20H,14-17,19H2,1H3,(H,31,36)(H,32,35)/b13-6+. The summed E-state index contributed by atoms with van der Waals surface area (Å²) >= 11 is 0. The van der Waals surface area contributed by atoms with Crippen molar-refractivity contribution >= 4 is 35.0 Å². The van der Waals surface area contributed by atoms with Crippen LogP contribution in [-0.2, 0) is 11.3 Å². The van der Waals surface area contributed by atoms with Gasteiger partial charge in [0.25, 0.3) is 11.6 Å². The molecule has 0 unspecified atom stereocenters. The molecule has 1 aliphatic heterocycles. The molecule has 1 aliphatic rings. The van der Waals surface area contributed by atoms with Crippen LogP contribution in [0.5, 0.6) is 0 Å². The Bertz CT molecular complexity index is 1330. The number of nitro groups is 1. The van der Waals surface area contributed by atoms with E-state index < -0.39 is 10.8 Å². The number of nitrogens with zero attached hydrogens (tertiary/aromatic N) is 2. The van der Waals surface area contributed by atoms with Crippen LogP contribution >= 0.6 is 0 Å². The molecule has 3 aromatic rings. The third kappa shape index (κ3) is 7.03. The van der Waals surface area contributed by atoms with Crippen LogP contribution in [0.1, 0.15) is 41.3 Å². The quantitative estimate of drug-likeness (QED) is 0.232. The molecule has 0 radical (unpaired) electrons. The predicted molar refractivity (Wildman–Crippen MR) is 145 cm³/mol. The van der Waals surface area contributed by atoms with Crippen LogP contribution in [-0.4, -0.2) is 29.8 Å². The van der Waals surface area contributed by atoms with Gasteiger partial charge in [-0.05, 0) is 78.4 Å². The first-order valence-electron chi connectivity index (χ1n) is 12.4. The number of hydrogen-bond acceptors (Lipinski definition) is 5. The van der Waals surface area contributed by atoms with Gasteiger partial charge < -0.3 is 15.5 Å². The highest BCUT2D eigenvalue weighted by Gasteiger charge is 2.22. The maximum atomic E-state index is 13.3. The topological polar surface area (TPSA) is 105 Å². The average Bonchev–Trinajstić information content (AvgIpc) is 2.92. The van der Waals surface area contributed by atoms with Crippen molar-refractivity contribution in [3.05, 3.63) is 105 Å². The van der Waals surface area contributed by atoms with Crippen molar-refractivity contribution in [2.24, 2.45) is 5.92 Å². The number of non-ortho nitro benzene ring substituents is 1. The largest absolute Gasteiger partial charge is 0.371 e. The molecule has 0 aliphatic carbocycles. The summed E-state index contributed by atoms with van der Waals surface area (Å²) in [7, 11) is 0. The normalized spacial score (nSPS) is 13.9. The molecule has 2 amide bonds. The van der Waals surface area contributed by atoms with E-state index in [9.17, 15) is 24.1 Å². The fraction of sp³-hybridized carbons (Fsp3) is 0.241. The van der Waals surface area contributed by atoms with Crippen LogP contribution in [0.15, 0.2) is 72.8 Å². The van der Waals surface area contributed by atoms with Crippen molar-refractivity contribution in [2.75, 3.05) is 23.3 Å². The van der Waals surface area contributed by atoms with E-state index in [1.165, 1.54) is 30.3 Å². The zero-order valence-corrected chi connectivity index (χ0v) is 21.0. The SMILES string of the molecule is CC1CCN(c2ccc(NC(=O)/C=C/c3ccc([N+](=O)[O-])cc3)cc2C(=O)NCc2ccc(F)cc2)CC1. The number of carbonyl (C=O) groups is 2. The number of rotatable bonds is 8. The maximum absolute atomic E-state index is 13.3. The number of carbonyl (C=O) groups excluding carboxylic acids is 2. The highest BCUT2D eigenvalue weighted by molar-refractivity contribution is 6.05. The third-order valence-electron chi connectivity index (χ3n) is 6.53. The van der Waals surface area contributed by atoms with E-state index in [-0.39, 0.29) is 24.0 Å². The van der Waals surface area contributed by atoms with Crippen molar-refractivity contribution in [1.82, 2.24) is 5.32 Å². The summed E-state index contributed by atoms with van der Waals surface area (Å²) in [4.78, 5) is 38.3. The van der Waals surface area contributed by atoms with Crippen molar-refractivity contribution in [1.29, 1.82) is 0 Å². The lowest BCUT2D eigenvalue weighted by molar-refractivity contribution is -0.384. The van der Waals surface area contributed by atoms with E-state index in [4.69, 9.17) is 0 Å². The molecule has 4 rings (SSSR count). The molecule has 196 valence electrons. The fourth-order valence-electron chi connectivity index (χ4n) is 4.26. The Balaban J connectivity index is 1.49. The second-order valence-corrected chi connectivity index (χ2v) is 9.38. The molecule has 8 nitrogen and oxygen atoms in total. The van der Waals surface area contributed by atoms with Crippen molar-refractivity contribution in [3.8, 4) is 0 Å². The molecule has 9 heteroatoms. The molecule has 2 N–H and O–H groups in total. The van der Waals surface area contributed by atoms with Gasteiger partial charge in [0, 0.05) is 49.2 Å². The maximum Gasteiger partial charge on any atom is 0.269 e. The summed E-state index contributed by atoms with van der Waals surface area (Å²) in [6, 6.07) is 17.1. The highest BCUT2D eigenvalue weighted by Crippen LogP contribution is 2.29. The zero-order valence-electron chi connectivity index (χ0n) is 21.0. The van der Waals surface area contributed by atoms with Gasteiger partial charge in [0.1, 0.15) is 5.82 Å². The summed E-state index contributed by atoms with van der Waals surface area (Å²) in [5, 5.41) is 16.5. The summed E-state index contributed by atoms with van der Waals surface area (Å²) < 4.78 is 13.2. The van der Waals surface area contributed by atoms with Crippen LogP contribution in [0.3, 0.4) is 0 Å². The predicted octanol–water partition coefficient (Wildman–Crippen LogP) is 5.55. The summed E-state index contributed by atoms with van der Waals surface area (Å²) in [6.45, 7) is 4.13. The average molecular weight is 517 g/mol. The Morgan fingerprint density at radius 1 is 1.05 bits per heavy atom. The van der Waals surface area contributed by atoms with E-state index in [2.05, 4.69) is 22.5 Å². The van der Waals surface area contributed by atoms with Gasteiger partial charge in [-0.15, -0.1) is 0 Å². The minimum atomic E-state index is -0.484. The van der Waals surface area contributed by atoms with Crippen molar-refractivity contribution < 1.29 is 18.9 Å². The molecule has 1 heterocycles. The Hall–Kier alpha value is -4.53. The van der Waals surface area contributed by atoms with E-state index in [1.807, 2.05) is 6.07 Å². The molecule has 0 aromatic heterocycles. The van der Waals surface area contributed by atoms with Crippen LogP contribution < -0.4 is 15.5 Å². The molecule has 3 aromatic carbocycles. The molecular formula is C29H29FN4O4. The number of anilines is 2. The van der Waals surface area contributed by atoms with Gasteiger partial charge in [0.15, 0.2) is 0 Å². The lowest BCUT2D eigenvalue weighted by Gasteiger charge is -2.33. The van der Waals surface area contributed by atoms with Gasteiger partial charge in [0.2, 0.25) is 5.91 Å². The van der Waals surface area contributed by atoms with Gasteiger partial charge >= 0.3 is 0 Å². The summed E-state index contributed by atoms with van der Waals surface area (Å²) in [6.07, 6.45) is 4.94. The number of benzene rings is 3. The molecule has 0 atom stereocenters. The monoisotopic (exact) mass is 516 g/mol. The smallest absolute Gasteiger partial charge is 0.269 e. The van der Waals surface area contributed by atoms with Crippen LogP contribution in [0.4, 0.5) is 21.5 Å². The minimum absolute atomic E-state index is 0.0277. The second-order valence-electron chi connectivity index (χ2n) is 9.38. The number of amides is 2. The number of nitrogens with one attached hydrogen (secondary N) is 2. The van der Waals surface area contributed by atoms with E-state index in [1.54, 1.807) is 42.5 Å². The van der Waals surface area contributed by atoms with Crippen LogP contribution in [0.2, 0.25) is 0 Å². The molecular weight excluding hydrogens is 487 g/mol. The lowest BCUT2D eigenvalue weighted by atomic mass is 9.97. The summed E-state index contributed by atoms with van der Waals surface area (Å²) in [5.41, 5.74) is 3.09. The number of nitro benzene ring substituents is 1. The Morgan fingerprint density at radius 3 is 2.39 bits per heavy atom. The number of hydrogen-bond donors (Lipinski definition) is 2. The Kier molecular flexibility index (Phi) is 8.47. The highest BCUT2D eigenvalue weighted by atomic mass is 19.1. The van der Waals surface area contributed by atoms with Crippen molar-refractivity contribution in [3.63, 3.8) is 0 Å². The first-order valence-corrected chi connectivity index (χ1v) is 12.4. The molecule has 1 saturated heterocycles. The molecule has 0 spiro atoms.